The van der Waals surface area contributed by atoms with Crippen LogP contribution >= 0.6 is 11.3 Å². The predicted octanol–water partition coefficient (Wildman–Crippen LogP) is 2.35. The fraction of sp³-hybridized carbons (Fsp3) is 0.450. The fourth-order valence-electron chi connectivity index (χ4n) is 3.23. The van der Waals surface area contributed by atoms with Crippen LogP contribution < -0.4 is 5.32 Å². The second kappa shape index (κ2) is 9.67. The van der Waals surface area contributed by atoms with Crippen LogP contribution in [0.15, 0.2) is 29.6 Å². The average molecular weight is 452 g/mol. The van der Waals surface area contributed by atoms with Gasteiger partial charge in [0, 0.05) is 24.2 Å². The summed E-state index contributed by atoms with van der Waals surface area (Å²) in [6, 6.07) is 7.55. The van der Waals surface area contributed by atoms with Crippen molar-refractivity contribution in [1.82, 2.24) is 9.29 Å². The van der Waals surface area contributed by atoms with Gasteiger partial charge in [-0.1, -0.05) is 18.2 Å². The fourth-order valence-corrected chi connectivity index (χ4v) is 4.88. The van der Waals surface area contributed by atoms with Gasteiger partial charge in [-0.15, -0.1) is 11.3 Å². The van der Waals surface area contributed by atoms with Crippen LogP contribution in [0.5, 0.6) is 0 Å². The number of amides is 1. The number of benzene rings is 1. The molecule has 2 heterocycles. The van der Waals surface area contributed by atoms with Gasteiger partial charge in [-0.05, 0) is 31.4 Å². The Morgan fingerprint density at radius 1 is 1.27 bits per heavy atom. The van der Waals surface area contributed by atoms with Gasteiger partial charge in [0.2, 0.25) is 15.9 Å². The lowest BCUT2D eigenvalue weighted by molar-refractivity contribution is -0.151. The van der Waals surface area contributed by atoms with Crippen LogP contribution in [0.1, 0.15) is 29.1 Å². The van der Waals surface area contributed by atoms with Crippen molar-refractivity contribution in [2.75, 3.05) is 24.7 Å². The number of aromatic nitrogens is 1. The first-order valence-corrected chi connectivity index (χ1v) is 12.4. The lowest BCUT2D eigenvalue weighted by atomic mass is 9.98. The molecule has 0 aliphatic carbocycles. The largest absolute Gasteiger partial charge is 0.459 e. The minimum absolute atomic E-state index is 0.0427. The van der Waals surface area contributed by atoms with E-state index in [9.17, 15) is 18.0 Å². The number of esters is 1. The Morgan fingerprint density at radius 2 is 1.97 bits per heavy atom. The normalized spacial score (nSPS) is 15.7. The third-order valence-electron chi connectivity index (χ3n) is 4.95. The zero-order valence-corrected chi connectivity index (χ0v) is 18.6. The maximum atomic E-state index is 12.3. The summed E-state index contributed by atoms with van der Waals surface area (Å²) in [5.41, 5.74) is 2.36. The minimum atomic E-state index is -3.22. The average Bonchev–Trinajstić information content (AvgIpc) is 3.14. The van der Waals surface area contributed by atoms with Crippen LogP contribution in [0.4, 0.5) is 5.69 Å². The number of ether oxygens (including phenoxy) is 1. The molecule has 10 heteroatoms. The van der Waals surface area contributed by atoms with E-state index in [0.29, 0.717) is 36.6 Å². The summed E-state index contributed by atoms with van der Waals surface area (Å²) in [5.74, 6) is -0.796. The molecule has 0 spiro atoms. The molecule has 2 aromatic rings. The Balaban J connectivity index is 1.45. The van der Waals surface area contributed by atoms with Crippen molar-refractivity contribution in [2.24, 2.45) is 5.92 Å². The first-order chi connectivity index (χ1) is 14.2. The molecule has 8 nitrogen and oxygen atoms in total. The molecule has 30 heavy (non-hydrogen) atoms. The topological polar surface area (TPSA) is 106 Å². The molecule has 1 aromatic heterocycles. The van der Waals surface area contributed by atoms with Crippen molar-refractivity contribution >= 4 is 38.9 Å². The Bertz CT molecular complexity index is 1010. The SMILES string of the molecule is Cc1ccccc1NC(=O)Cc1nc(COC(=O)C2CCN(S(C)(=O)=O)CC2)cs1. The number of para-hydroxylation sites is 1. The quantitative estimate of drug-likeness (QED) is 0.648. The highest BCUT2D eigenvalue weighted by Gasteiger charge is 2.30. The van der Waals surface area contributed by atoms with Crippen molar-refractivity contribution in [1.29, 1.82) is 0 Å². The van der Waals surface area contributed by atoms with E-state index in [0.717, 1.165) is 11.3 Å². The van der Waals surface area contributed by atoms with Gasteiger partial charge < -0.3 is 10.1 Å². The van der Waals surface area contributed by atoms with E-state index in [1.165, 1.54) is 21.9 Å². The van der Waals surface area contributed by atoms with Gasteiger partial charge in [0.15, 0.2) is 0 Å². The minimum Gasteiger partial charge on any atom is -0.459 e. The number of nitrogens with zero attached hydrogens (tertiary/aromatic N) is 2. The number of thiazole rings is 1. The molecule has 1 saturated heterocycles. The highest BCUT2D eigenvalue weighted by molar-refractivity contribution is 7.88. The summed E-state index contributed by atoms with van der Waals surface area (Å²) in [7, 11) is -3.22. The second-order valence-electron chi connectivity index (χ2n) is 7.32. The number of nitrogens with one attached hydrogen (secondary N) is 1. The number of sulfonamides is 1. The molecule has 3 rings (SSSR count). The van der Waals surface area contributed by atoms with Crippen molar-refractivity contribution in [3.05, 3.63) is 45.9 Å². The molecule has 1 aromatic carbocycles. The first kappa shape index (κ1) is 22.4. The summed E-state index contributed by atoms with van der Waals surface area (Å²) in [4.78, 5) is 28.9. The van der Waals surface area contributed by atoms with E-state index in [2.05, 4.69) is 10.3 Å². The molecule has 162 valence electrons. The van der Waals surface area contributed by atoms with Gasteiger partial charge in [-0.25, -0.2) is 17.7 Å². The van der Waals surface area contributed by atoms with E-state index in [1.807, 2.05) is 31.2 Å². The molecule has 0 unspecified atom stereocenters. The van der Waals surface area contributed by atoms with E-state index in [-0.39, 0.29) is 30.8 Å². The van der Waals surface area contributed by atoms with E-state index in [1.54, 1.807) is 5.38 Å². The van der Waals surface area contributed by atoms with Crippen molar-refractivity contribution in [2.45, 2.75) is 32.8 Å². The molecule has 1 N–H and O–H groups in total. The van der Waals surface area contributed by atoms with Gasteiger partial charge in [0.05, 0.1) is 24.3 Å². The van der Waals surface area contributed by atoms with Gasteiger partial charge in [0.25, 0.3) is 0 Å². The second-order valence-corrected chi connectivity index (χ2v) is 10.2. The van der Waals surface area contributed by atoms with Crippen molar-refractivity contribution in [3.63, 3.8) is 0 Å². The number of aryl methyl sites for hydroxylation is 1. The molecule has 1 amide bonds. The van der Waals surface area contributed by atoms with Crippen molar-refractivity contribution in [3.8, 4) is 0 Å². The van der Waals surface area contributed by atoms with E-state index in [4.69, 9.17) is 4.74 Å². The Hall–Kier alpha value is -2.30. The molecule has 1 fully saturated rings. The van der Waals surface area contributed by atoms with Crippen molar-refractivity contribution < 1.29 is 22.7 Å². The third kappa shape index (κ3) is 6.10. The lowest BCUT2D eigenvalue weighted by Gasteiger charge is -2.28. The number of hydrogen-bond acceptors (Lipinski definition) is 7. The molecule has 1 aliphatic heterocycles. The smallest absolute Gasteiger partial charge is 0.309 e. The van der Waals surface area contributed by atoms with Gasteiger partial charge in [-0.3, -0.25) is 9.59 Å². The molecule has 0 radical (unpaired) electrons. The molecular weight excluding hydrogens is 426 g/mol. The Labute approximate surface area is 180 Å². The van der Waals surface area contributed by atoms with Crippen LogP contribution in [0, 0.1) is 12.8 Å². The van der Waals surface area contributed by atoms with E-state index >= 15 is 0 Å². The Kier molecular flexibility index (Phi) is 7.22. The van der Waals surface area contributed by atoms with Gasteiger partial charge >= 0.3 is 5.97 Å². The lowest BCUT2D eigenvalue weighted by Crippen LogP contribution is -2.40. The summed E-state index contributed by atoms with van der Waals surface area (Å²) in [6.45, 7) is 2.63. The van der Waals surface area contributed by atoms with Crippen LogP contribution in [-0.2, 0) is 37.4 Å². The van der Waals surface area contributed by atoms with E-state index < -0.39 is 10.0 Å². The zero-order chi connectivity index (χ0) is 21.7. The van der Waals surface area contributed by atoms with Gasteiger partial charge in [-0.2, -0.15) is 0 Å². The van der Waals surface area contributed by atoms with Crippen LogP contribution in [-0.4, -0.2) is 48.9 Å². The maximum absolute atomic E-state index is 12.3. The molecule has 0 atom stereocenters. The van der Waals surface area contributed by atoms with Crippen LogP contribution in [0.2, 0.25) is 0 Å². The Morgan fingerprint density at radius 3 is 2.63 bits per heavy atom. The first-order valence-electron chi connectivity index (χ1n) is 9.63. The molecule has 0 bridgehead atoms. The number of rotatable bonds is 7. The number of hydrogen-bond donors (Lipinski definition) is 1. The molecule has 0 saturated carbocycles. The monoisotopic (exact) mass is 451 g/mol. The highest BCUT2D eigenvalue weighted by Crippen LogP contribution is 2.21. The molecular formula is C20H25N3O5S2. The summed E-state index contributed by atoms with van der Waals surface area (Å²) >= 11 is 1.35. The predicted molar refractivity (Wildman–Crippen MR) is 115 cm³/mol. The summed E-state index contributed by atoms with van der Waals surface area (Å²) < 4.78 is 29.8. The summed E-state index contributed by atoms with van der Waals surface area (Å²) in [6.07, 6.45) is 2.23. The summed E-state index contributed by atoms with van der Waals surface area (Å²) in [5, 5.41) is 5.29. The molecule has 1 aliphatic rings. The number of piperidine rings is 1. The van der Waals surface area contributed by atoms with Crippen LogP contribution in [0.3, 0.4) is 0 Å². The zero-order valence-electron chi connectivity index (χ0n) is 17.0. The highest BCUT2D eigenvalue weighted by atomic mass is 32.2. The standard InChI is InChI=1S/C20H25N3O5S2/c1-14-5-3-4-6-17(14)22-18(24)11-19-21-16(13-29-19)12-28-20(25)15-7-9-23(10-8-15)30(2,26)27/h3-6,13,15H,7-12H2,1-2H3,(H,22,24). The van der Waals surface area contributed by atoms with Gasteiger partial charge in [0.1, 0.15) is 11.6 Å². The third-order valence-corrected chi connectivity index (χ3v) is 7.15. The number of anilines is 1. The number of carbonyl (C=O) groups excluding carboxylic acids is 2. The number of carbonyl (C=O) groups is 2. The maximum Gasteiger partial charge on any atom is 0.309 e. The van der Waals surface area contributed by atoms with Crippen LogP contribution in [0.25, 0.3) is 0 Å².